The summed E-state index contributed by atoms with van der Waals surface area (Å²) in [4.78, 5) is 37.2. The van der Waals surface area contributed by atoms with Gasteiger partial charge in [0.05, 0.1) is 25.3 Å². The van der Waals surface area contributed by atoms with E-state index in [0.717, 1.165) is 0 Å². The Hall–Kier alpha value is -2.87. The van der Waals surface area contributed by atoms with Crippen LogP contribution in [0.2, 0.25) is 0 Å². The SMILES string of the molecule is COc1cc(O)c2c(c1)NC(=O)C[C@H](O)C(C)C(=O)/C=C\[C@@H](C)[C@H](C)OC2=O. The Bertz CT molecular complexity index is 802. The molecule has 0 radical (unpaired) electrons. The molecule has 1 aliphatic heterocycles. The molecule has 1 aliphatic rings. The van der Waals surface area contributed by atoms with Gasteiger partial charge >= 0.3 is 5.97 Å². The van der Waals surface area contributed by atoms with Crippen LogP contribution >= 0.6 is 0 Å². The van der Waals surface area contributed by atoms with Crippen molar-refractivity contribution in [3.63, 3.8) is 0 Å². The van der Waals surface area contributed by atoms with Crippen molar-refractivity contribution in [1.29, 1.82) is 0 Å². The van der Waals surface area contributed by atoms with E-state index in [4.69, 9.17) is 9.47 Å². The maximum atomic E-state index is 12.6. The number of hydrogen-bond donors (Lipinski definition) is 3. The molecule has 1 heterocycles. The van der Waals surface area contributed by atoms with Crippen molar-refractivity contribution >= 4 is 23.3 Å². The number of carbonyl (C=O) groups excluding carboxylic acids is 3. The van der Waals surface area contributed by atoms with Gasteiger partial charge in [0.2, 0.25) is 5.91 Å². The predicted octanol–water partition coefficient (Wildman–Crippen LogP) is 2.05. The van der Waals surface area contributed by atoms with E-state index in [0.29, 0.717) is 0 Å². The maximum Gasteiger partial charge on any atom is 0.344 e. The lowest BCUT2D eigenvalue weighted by molar-refractivity contribution is -0.123. The Morgan fingerprint density at radius 3 is 2.50 bits per heavy atom. The summed E-state index contributed by atoms with van der Waals surface area (Å²) in [5.41, 5.74) is -0.224. The number of fused-ring (bicyclic) bond motifs is 1. The van der Waals surface area contributed by atoms with Crippen LogP contribution in [0.3, 0.4) is 0 Å². The van der Waals surface area contributed by atoms with Crippen LogP contribution in [0.4, 0.5) is 5.69 Å². The second-order valence-electron chi connectivity index (χ2n) is 6.91. The number of ketones is 1. The van der Waals surface area contributed by atoms with Crippen molar-refractivity contribution in [3.8, 4) is 11.5 Å². The van der Waals surface area contributed by atoms with Crippen LogP contribution in [0.25, 0.3) is 0 Å². The first-order valence-corrected chi connectivity index (χ1v) is 8.96. The van der Waals surface area contributed by atoms with Crippen molar-refractivity contribution in [2.45, 2.75) is 39.4 Å². The van der Waals surface area contributed by atoms with Gasteiger partial charge in [-0.15, -0.1) is 0 Å². The van der Waals surface area contributed by atoms with Gasteiger partial charge in [-0.1, -0.05) is 19.9 Å². The third-order valence-corrected chi connectivity index (χ3v) is 4.82. The number of phenolic OH excluding ortho intramolecular Hbond substituents is 1. The second kappa shape index (κ2) is 8.88. The molecule has 2 rings (SSSR count). The third kappa shape index (κ3) is 4.89. The van der Waals surface area contributed by atoms with Gasteiger partial charge in [-0.05, 0) is 13.0 Å². The molecule has 0 saturated heterocycles. The smallest absolute Gasteiger partial charge is 0.344 e. The van der Waals surface area contributed by atoms with Crippen molar-refractivity contribution in [3.05, 3.63) is 29.8 Å². The number of ether oxygens (including phenoxy) is 2. The zero-order valence-electron chi connectivity index (χ0n) is 16.3. The summed E-state index contributed by atoms with van der Waals surface area (Å²) >= 11 is 0. The fourth-order valence-corrected chi connectivity index (χ4v) is 2.68. The van der Waals surface area contributed by atoms with Crippen molar-refractivity contribution in [2.24, 2.45) is 11.8 Å². The lowest BCUT2D eigenvalue weighted by Crippen LogP contribution is -2.30. The molecule has 3 N–H and O–H groups in total. The average Bonchev–Trinajstić information content (AvgIpc) is 2.63. The molecule has 152 valence electrons. The van der Waals surface area contributed by atoms with E-state index in [1.165, 1.54) is 32.2 Å². The molecule has 28 heavy (non-hydrogen) atoms. The van der Waals surface area contributed by atoms with Crippen LogP contribution in [0.1, 0.15) is 37.6 Å². The van der Waals surface area contributed by atoms with Gasteiger partial charge in [0.25, 0.3) is 0 Å². The molecule has 0 spiro atoms. The van der Waals surface area contributed by atoms with Crippen LogP contribution in [-0.4, -0.2) is 47.2 Å². The Labute approximate surface area is 163 Å². The molecule has 1 aromatic rings. The van der Waals surface area contributed by atoms with Gasteiger partial charge in [0.1, 0.15) is 23.2 Å². The number of hydrogen-bond acceptors (Lipinski definition) is 7. The number of nitrogens with one attached hydrogen (secondary N) is 1. The number of carbonyl (C=O) groups is 3. The fraction of sp³-hybridized carbons (Fsp3) is 0.450. The van der Waals surface area contributed by atoms with Crippen LogP contribution in [-0.2, 0) is 14.3 Å². The molecule has 8 nitrogen and oxygen atoms in total. The van der Waals surface area contributed by atoms with Gasteiger partial charge in [0, 0.05) is 24.0 Å². The summed E-state index contributed by atoms with van der Waals surface area (Å²) in [7, 11) is 1.37. The topological polar surface area (TPSA) is 122 Å². The minimum atomic E-state index is -1.21. The third-order valence-electron chi connectivity index (χ3n) is 4.82. The highest BCUT2D eigenvalue weighted by Crippen LogP contribution is 2.33. The number of anilines is 1. The van der Waals surface area contributed by atoms with Crippen molar-refractivity contribution in [1.82, 2.24) is 0 Å². The number of phenols is 1. The molecule has 0 fully saturated rings. The first kappa shape index (κ1) is 21.4. The Morgan fingerprint density at radius 1 is 1.18 bits per heavy atom. The van der Waals surface area contributed by atoms with Gasteiger partial charge in [-0.3, -0.25) is 9.59 Å². The number of esters is 1. The lowest BCUT2D eigenvalue weighted by atomic mass is 9.95. The zero-order chi connectivity index (χ0) is 21.0. The highest BCUT2D eigenvalue weighted by Gasteiger charge is 2.27. The second-order valence-corrected chi connectivity index (χ2v) is 6.91. The van der Waals surface area contributed by atoms with E-state index in [9.17, 15) is 24.6 Å². The highest BCUT2D eigenvalue weighted by molar-refractivity contribution is 6.04. The Balaban J connectivity index is 2.50. The first-order chi connectivity index (χ1) is 13.1. The first-order valence-electron chi connectivity index (χ1n) is 8.96. The molecule has 0 aromatic heterocycles. The summed E-state index contributed by atoms with van der Waals surface area (Å²) in [6.45, 7) is 4.96. The number of rotatable bonds is 1. The number of amides is 1. The van der Waals surface area contributed by atoms with E-state index >= 15 is 0 Å². The molecule has 4 atom stereocenters. The average molecular weight is 391 g/mol. The summed E-state index contributed by atoms with van der Waals surface area (Å²) in [5.74, 6) is -3.06. The number of cyclic esters (lactones) is 1. The van der Waals surface area contributed by atoms with Crippen LogP contribution in [0, 0.1) is 11.8 Å². The van der Waals surface area contributed by atoms with Crippen LogP contribution in [0.5, 0.6) is 11.5 Å². The number of benzene rings is 1. The summed E-state index contributed by atoms with van der Waals surface area (Å²) in [5, 5.41) is 23.0. The van der Waals surface area contributed by atoms with E-state index in [-0.39, 0.29) is 35.1 Å². The Kier molecular flexibility index (Phi) is 6.80. The Morgan fingerprint density at radius 2 is 1.86 bits per heavy atom. The fourth-order valence-electron chi connectivity index (χ4n) is 2.68. The largest absolute Gasteiger partial charge is 0.507 e. The van der Waals surface area contributed by atoms with Gasteiger partial charge in [-0.25, -0.2) is 4.79 Å². The van der Waals surface area contributed by atoms with Crippen LogP contribution in [0.15, 0.2) is 24.3 Å². The molecule has 0 bridgehead atoms. The monoisotopic (exact) mass is 391 g/mol. The summed E-state index contributed by atoms with van der Waals surface area (Å²) in [6, 6.07) is 2.61. The number of methoxy groups -OCH3 is 1. The molecule has 1 unspecified atom stereocenters. The van der Waals surface area contributed by atoms with Crippen LogP contribution < -0.4 is 10.1 Å². The number of aliphatic hydroxyl groups is 1. The summed E-state index contributed by atoms with van der Waals surface area (Å²) in [6.07, 6.45) is 0.735. The van der Waals surface area contributed by atoms with Crippen molar-refractivity contribution < 1.29 is 34.1 Å². The molecule has 0 aliphatic carbocycles. The van der Waals surface area contributed by atoms with Crippen molar-refractivity contribution in [2.75, 3.05) is 12.4 Å². The number of allylic oxidation sites excluding steroid dienone is 1. The molecule has 1 amide bonds. The number of aromatic hydroxyl groups is 1. The zero-order valence-corrected chi connectivity index (χ0v) is 16.3. The molecule has 0 saturated carbocycles. The van der Waals surface area contributed by atoms with Gasteiger partial charge < -0.3 is 25.0 Å². The molecular formula is C20H25NO7. The number of aliphatic hydroxyl groups excluding tert-OH is 1. The standard InChI is InChI=1S/C20H25NO7/c1-10-5-6-15(22)11(2)16(23)9-18(25)21-14-7-13(27-4)8-17(24)19(14)20(26)28-12(10)3/h5-8,10-12,16,23-24H,9H2,1-4H3,(H,21,25)/b6-5-/t10-,11?,12+,16+/m1/s1. The molecule has 8 heteroatoms. The van der Waals surface area contributed by atoms with Gasteiger partial charge in [0.15, 0.2) is 5.78 Å². The highest BCUT2D eigenvalue weighted by atomic mass is 16.5. The molecular weight excluding hydrogens is 366 g/mol. The van der Waals surface area contributed by atoms with Gasteiger partial charge in [-0.2, -0.15) is 0 Å². The lowest BCUT2D eigenvalue weighted by Gasteiger charge is -2.21. The maximum absolute atomic E-state index is 12.6. The minimum absolute atomic E-state index is 0.00881. The predicted molar refractivity (Wildman–Crippen MR) is 101 cm³/mol. The van der Waals surface area contributed by atoms with E-state index in [1.807, 2.05) is 0 Å². The minimum Gasteiger partial charge on any atom is -0.507 e. The quantitative estimate of drug-likeness (QED) is 0.626. The summed E-state index contributed by atoms with van der Waals surface area (Å²) < 4.78 is 10.5. The van der Waals surface area contributed by atoms with E-state index < -0.39 is 35.8 Å². The van der Waals surface area contributed by atoms with E-state index in [2.05, 4.69) is 5.32 Å². The van der Waals surface area contributed by atoms with E-state index in [1.54, 1.807) is 19.9 Å². The normalized spacial score (nSPS) is 27.8. The molecule has 1 aromatic carbocycles.